The number of imidazole rings is 1. The molecule has 0 saturated heterocycles. The van der Waals surface area contributed by atoms with Crippen molar-refractivity contribution in [2.75, 3.05) is 6.54 Å². The van der Waals surface area contributed by atoms with Crippen molar-refractivity contribution in [2.45, 2.75) is 199 Å². The molecule has 13 atom stereocenters. The molecule has 0 aliphatic rings. The van der Waals surface area contributed by atoms with E-state index in [1.165, 1.54) is 26.4 Å². The van der Waals surface area contributed by atoms with Gasteiger partial charge in [-0.2, -0.15) is 0 Å². The van der Waals surface area contributed by atoms with E-state index in [9.17, 15) is 77.6 Å². The molecule has 6 rings (SSSR count). The van der Waals surface area contributed by atoms with Gasteiger partial charge in [0.05, 0.1) is 37.1 Å². The first-order valence-electron chi connectivity index (χ1n) is 35.4. The fourth-order valence-electron chi connectivity index (χ4n) is 12.0. The number of aliphatic hydroxyl groups excluding tert-OH is 2. The van der Waals surface area contributed by atoms with Gasteiger partial charge in [0.2, 0.25) is 65.0 Å². The lowest BCUT2D eigenvalue weighted by Crippen LogP contribution is -2.63. The maximum absolute atomic E-state index is 14.9. The Balaban J connectivity index is 1.18. The number of nitrogens with two attached hydrogens (primary N) is 3. The third-order valence-electron chi connectivity index (χ3n) is 17.8. The lowest BCUT2D eigenvalue weighted by molar-refractivity contribution is -0.138. The fraction of sp³-hybridized carbons (Fsp3) is 0.479. The molecule has 0 saturated carbocycles. The Hall–Kier alpha value is -10.9. The third kappa shape index (κ3) is 26.0. The molecular weight excluding hydrogens is 1380 g/mol. The Kier molecular flexibility index (Phi) is 32.6. The van der Waals surface area contributed by atoms with Crippen LogP contribution in [0.15, 0.2) is 97.7 Å². The minimum Gasteiger partial charge on any atom is -0.481 e. The van der Waals surface area contributed by atoms with E-state index >= 15 is 0 Å². The number of fused-ring (bicyclic) bond motifs is 2. The number of carboxylic acid groups (broad SMARTS) is 1. The monoisotopic (exact) mass is 1490 g/mol. The molecule has 0 aliphatic carbocycles. The van der Waals surface area contributed by atoms with E-state index in [4.69, 9.17) is 17.2 Å². The number of carbonyl (C=O) groups excluding carboxylic acids is 12. The number of nitrogens with one attached hydrogen (secondary N) is 14. The van der Waals surface area contributed by atoms with E-state index in [-0.39, 0.29) is 63.3 Å². The summed E-state index contributed by atoms with van der Waals surface area (Å²) in [5, 5.41) is 62.8. The smallest absolute Gasteiger partial charge is 0.303 e. The van der Waals surface area contributed by atoms with Gasteiger partial charge in [0.25, 0.3) is 0 Å². The number of benzene rings is 3. The maximum atomic E-state index is 14.9. The number of rotatable bonds is 44. The van der Waals surface area contributed by atoms with Crippen LogP contribution in [0, 0.1) is 17.8 Å². The van der Waals surface area contributed by atoms with Crippen LogP contribution in [0.4, 0.5) is 0 Å². The molecule has 0 radical (unpaired) electrons. The van der Waals surface area contributed by atoms with E-state index in [2.05, 4.69) is 78.4 Å². The van der Waals surface area contributed by atoms with Crippen LogP contribution in [0.2, 0.25) is 0 Å². The summed E-state index contributed by atoms with van der Waals surface area (Å²) >= 11 is 0. The zero-order chi connectivity index (χ0) is 78.8. The van der Waals surface area contributed by atoms with E-state index in [1.54, 1.807) is 115 Å². The fourth-order valence-corrected chi connectivity index (χ4v) is 12.0. The molecular formula is C73H102N18O16. The molecule has 34 heteroatoms. The van der Waals surface area contributed by atoms with E-state index in [0.717, 1.165) is 21.8 Å². The number of para-hydroxylation sites is 2. The largest absolute Gasteiger partial charge is 0.481 e. The van der Waals surface area contributed by atoms with E-state index < -0.39 is 175 Å². The van der Waals surface area contributed by atoms with E-state index in [1.807, 2.05) is 12.1 Å². The molecule has 23 N–H and O–H groups in total. The molecule has 3 aromatic carbocycles. The molecule has 0 bridgehead atoms. The summed E-state index contributed by atoms with van der Waals surface area (Å²) < 4.78 is 0. The highest BCUT2D eigenvalue weighted by atomic mass is 16.4. The molecule has 107 heavy (non-hydrogen) atoms. The number of aromatic nitrogens is 4. The number of primary amides is 1. The molecule has 34 nitrogen and oxygen atoms in total. The van der Waals surface area contributed by atoms with Crippen molar-refractivity contribution in [3.8, 4) is 0 Å². The van der Waals surface area contributed by atoms with Gasteiger partial charge in [0.1, 0.15) is 60.8 Å². The van der Waals surface area contributed by atoms with Crippen LogP contribution in [0.3, 0.4) is 0 Å². The van der Waals surface area contributed by atoms with Gasteiger partial charge in [-0.25, -0.2) is 4.98 Å². The highest BCUT2D eigenvalue weighted by Gasteiger charge is 2.38. The number of nitrogens with zero attached hydrogens (tertiary/aromatic N) is 1. The molecule has 6 aromatic rings. The van der Waals surface area contributed by atoms with Gasteiger partial charge >= 0.3 is 5.97 Å². The van der Waals surface area contributed by atoms with Gasteiger partial charge in [-0.1, -0.05) is 102 Å². The van der Waals surface area contributed by atoms with Crippen molar-refractivity contribution in [3.63, 3.8) is 0 Å². The number of carbonyl (C=O) groups is 13. The van der Waals surface area contributed by atoms with Crippen LogP contribution in [-0.4, -0.2) is 198 Å². The lowest BCUT2D eigenvalue weighted by Gasteiger charge is -2.33. The molecule has 0 fully saturated rings. The lowest BCUT2D eigenvalue weighted by atomic mass is 9.97. The average Bonchev–Trinajstić information content (AvgIpc) is 1.72. The Morgan fingerprint density at radius 3 is 1.51 bits per heavy atom. The SMILES string of the molecule is CC(C)C[C@H](NC(=O)[C@H](Cc1cnc[nH]1)NC(=O)[C@H](Cc1c[nH]c2ccccc12)NC(=O)[C@H](C)NC(=O)[C@@H](N)CC=O)C(=O)NCC(=O)N[C@@H](CCC(=O)O)C(=O)N[C@@H](CC(C)C)C(=O)N[C@@H](C(C)C)C(O)N[C@@H](Cc1c[nH]c2ccccc12)C(=O)N[C@@H](Cc1ccccc1CN)C(=O)N[C@H](C(N)=O)[C@@H](C)O. The second-order valence-electron chi connectivity index (χ2n) is 27.7. The first-order valence-corrected chi connectivity index (χ1v) is 35.4. The van der Waals surface area contributed by atoms with Crippen LogP contribution in [0.5, 0.6) is 0 Å². The summed E-state index contributed by atoms with van der Waals surface area (Å²) in [5.74, 6) is -12.3. The highest BCUT2D eigenvalue weighted by molar-refractivity contribution is 5.99. The Labute approximate surface area is 618 Å². The summed E-state index contributed by atoms with van der Waals surface area (Å²) in [7, 11) is 0. The third-order valence-corrected chi connectivity index (χ3v) is 17.8. The molecule has 0 spiro atoms. The minimum absolute atomic E-state index is 0.0163. The number of amides is 11. The summed E-state index contributed by atoms with van der Waals surface area (Å²) in [6, 6.07) is 5.97. The van der Waals surface area contributed by atoms with Crippen LogP contribution >= 0.6 is 0 Å². The second-order valence-corrected chi connectivity index (χ2v) is 27.7. The maximum Gasteiger partial charge on any atom is 0.303 e. The number of aldehydes is 1. The number of carboxylic acids is 1. The molecule has 1 unspecified atom stereocenters. The topological polar surface area (TPSA) is 553 Å². The Morgan fingerprint density at radius 2 is 1.00 bits per heavy atom. The van der Waals surface area contributed by atoms with Gasteiger partial charge in [-0.05, 0) is 91.7 Å². The summed E-state index contributed by atoms with van der Waals surface area (Å²) in [5.41, 5.74) is 21.6. The van der Waals surface area contributed by atoms with Crippen LogP contribution in [0.1, 0.15) is 115 Å². The minimum atomic E-state index is -1.74. The molecule has 3 heterocycles. The first-order chi connectivity index (χ1) is 50.8. The zero-order valence-corrected chi connectivity index (χ0v) is 61.2. The predicted octanol–water partition coefficient (Wildman–Crippen LogP) is -1.73. The van der Waals surface area contributed by atoms with E-state index in [0.29, 0.717) is 34.2 Å². The highest BCUT2D eigenvalue weighted by Crippen LogP contribution is 2.23. The number of H-pyrrole nitrogens is 3. The Bertz CT molecular complexity index is 4040. The van der Waals surface area contributed by atoms with Gasteiger partial charge in [0, 0.05) is 84.7 Å². The normalized spacial score (nSPS) is 15.1. The van der Waals surface area contributed by atoms with Crippen molar-refractivity contribution < 1.29 is 77.6 Å². The van der Waals surface area contributed by atoms with Gasteiger partial charge < -0.3 is 105 Å². The van der Waals surface area contributed by atoms with Crippen LogP contribution in [-0.2, 0) is 94.6 Å². The number of aliphatic carboxylic acids is 1. The number of hydrogen-bond donors (Lipinski definition) is 20. The van der Waals surface area contributed by atoms with Crippen LogP contribution < -0.4 is 75.7 Å². The van der Waals surface area contributed by atoms with Crippen molar-refractivity contribution in [1.29, 1.82) is 0 Å². The van der Waals surface area contributed by atoms with Crippen molar-refractivity contribution >= 4 is 99.0 Å². The van der Waals surface area contributed by atoms with Crippen molar-refractivity contribution in [3.05, 3.63) is 126 Å². The summed E-state index contributed by atoms with van der Waals surface area (Å²) in [6.45, 7) is 12.2. The van der Waals surface area contributed by atoms with Gasteiger partial charge in [-0.3, -0.25) is 62.9 Å². The molecule has 580 valence electrons. The number of aliphatic hydroxyl groups is 2. The molecule has 3 aromatic heterocycles. The average molecular weight is 1490 g/mol. The van der Waals surface area contributed by atoms with Gasteiger partial charge in [-0.15, -0.1) is 0 Å². The van der Waals surface area contributed by atoms with Gasteiger partial charge in [0.15, 0.2) is 0 Å². The summed E-state index contributed by atoms with van der Waals surface area (Å²) in [4.78, 5) is 190. The number of hydrogen-bond acceptors (Lipinski definition) is 19. The van der Waals surface area contributed by atoms with Crippen molar-refractivity contribution in [2.24, 2.45) is 35.0 Å². The summed E-state index contributed by atoms with van der Waals surface area (Å²) in [6.07, 6.45) is 1.23. The predicted molar refractivity (Wildman–Crippen MR) is 393 cm³/mol. The molecule has 11 amide bonds. The number of aromatic amines is 3. The van der Waals surface area contributed by atoms with Crippen LogP contribution in [0.25, 0.3) is 21.8 Å². The zero-order valence-electron chi connectivity index (χ0n) is 61.2. The standard InChI is InChI=1S/C73H102N18O16/c1-37(2)25-53(85-70(104)58(30-46-34-77-36-81-46)88-68(102)56(28-44-32-78-50-19-13-11-17-47(44)50)84-64(98)40(7)82-65(99)49(75)23-24-92)66(100)80-35-59(94)83-52(21-22-60(95)96)67(101)86-54(26-38(3)4)71(105)90-61(39(5)6)73(107)89-57(29-45-33-79-51-20-14-12-18-48(45)51)69(103)87-55(27-42-15-9-10-16-43(42)31-74)72(106)91-62(41(8)93)63(76)97/h9-20,24,32-34,36-41,49,52-58,61-62,73,78-79,89,93,107H,21-23,25-31,35,74-75H2,1-8H3,(H2,76,97)(H,77,81)(H,80,100)(H,82,99)(H,83,94)(H,84,98)(H,85,104)(H,86,101)(H,87,103)(H,88,102)(H,90,105)(H,91,106)(H,95,96)/t40-,41+,49-,52-,53-,54-,55-,56-,57-,58-,61-,62-,73?/m0/s1. The van der Waals surface area contributed by atoms with Crippen molar-refractivity contribution in [1.82, 2.24) is 78.4 Å². The second kappa shape index (κ2) is 41.1. The Morgan fingerprint density at radius 1 is 0.523 bits per heavy atom. The molecule has 0 aliphatic heterocycles. The quantitative estimate of drug-likeness (QED) is 0.0149. The first kappa shape index (κ1) is 85.0.